The molecule has 1 fully saturated rings. The minimum atomic E-state index is 0.0804. The number of thioether (sulfide) groups is 1. The largest absolute Gasteiger partial charge is 0.497 e. The Morgan fingerprint density at radius 3 is 2.71 bits per heavy atom. The number of allylic oxidation sites excluding steroid dienone is 2. The Balaban J connectivity index is 1.31. The van der Waals surface area contributed by atoms with Crippen LogP contribution >= 0.6 is 23.4 Å². The van der Waals surface area contributed by atoms with Gasteiger partial charge in [-0.2, -0.15) is 0 Å². The SMILES string of the molecule is COc1ccc2c(OC3=CC(C)C(OCCN4CCCCC4)C=C3)c(C3CC=C(Cl)S3)ccc2c1. The molecule has 2 heterocycles. The van der Waals surface area contributed by atoms with Crippen LogP contribution in [0.1, 0.15) is 43.4 Å². The lowest BCUT2D eigenvalue weighted by Crippen LogP contribution is -2.34. The predicted molar refractivity (Wildman–Crippen MR) is 146 cm³/mol. The van der Waals surface area contributed by atoms with E-state index in [2.05, 4.69) is 60.4 Å². The number of fused-ring (bicyclic) bond motifs is 1. The maximum Gasteiger partial charge on any atom is 0.139 e. The second kappa shape index (κ2) is 11.4. The van der Waals surface area contributed by atoms with Crippen molar-refractivity contribution in [1.29, 1.82) is 0 Å². The van der Waals surface area contributed by atoms with E-state index in [0.29, 0.717) is 0 Å². The van der Waals surface area contributed by atoms with E-state index in [9.17, 15) is 0 Å². The molecule has 5 rings (SSSR count). The Bertz CT molecular complexity index is 1140. The highest BCUT2D eigenvalue weighted by molar-refractivity contribution is 8.05. The van der Waals surface area contributed by atoms with E-state index in [1.807, 2.05) is 6.07 Å². The lowest BCUT2D eigenvalue weighted by atomic mass is 9.98. The van der Waals surface area contributed by atoms with E-state index < -0.39 is 0 Å². The molecule has 0 spiro atoms. The number of methoxy groups -OCH3 is 1. The van der Waals surface area contributed by atoms with Crippen LogP contribution in [-0.2, 0) is 4.74 Å². The summed E-state index contributed by atoms with van der Waals surface area (Å²) < 4.78 is 19.2. The van der Waals surface area contributed by atoms with Crippen LogP contribution in [0.3, 0.4) is 0 Å². The summed E-state index contributed by atoms with van der Waals surface area (Å²) in [6, 6.07) is 10.4. The molecule has 1 aliphatic carbocycles. The fraction of sp³-hybridized carbons (Fsp3) is 0.448. The second-order valence-corrected chi connectivity index (χ2v) is 11.4. The summed E-state index contributed by atoms with van der Waals surface area (Å²) in [5.74, 6) is 2.84. The van der Waals surface area contributed by atoms with Gasteiger partial charge in [-0.05, 0) is 68.1 Å². The van der Waals surface area contributed by atoms with Crippen molar-refractivity contribution in [3.63, 3.8) is 0 Å². The number of likely N-dealkylation sites (tertiary alicyclic amines) is 1. The van der Waals surface area contributed by atoms with Gasteiger partial charge < -0.3 is 19.1 Å². The molecule has 1 saturated heterocycles. The summed E-state index contributed by atoms with van der Waals surface area (Å²) >= 11 is 8.01. The summed E-state index contributed by atoms with van der Waals surface area (Å²) in [5, 5.41) is 2.42. The highest BCUT2D eigenvalue weighted by Crippen LogP contribution is 2.50. The molecule has 2 aromatic carbocycles. The monoisotopic (exact) mass is 511 g/mol. The predicted octanol–water partition coefficient (Wildman–Crippen LogP) is 7.45. The maximum atomic E-state index is 6.63. The molecule has 0 saturated carbocycles. The minimum Gasteiger partial charge on any atom is -0.497 e. The van der Waals surface area contributed by atoms with E-state index >= 15 is 0 Å². The number of halogens is 1. The Hall–Kier alpha value is -1.92. The van der Waals surface area contributed by atoms with Crippen LogP contribution in [0.25, 0.3) is 10.8 Å². The third-order valence-electron chi connectivity index (χ3n) is 7.08. The maximum absolute atomic E-state index is 6.63. The molecule has 0 bridgehead atoms. The first kappa shape index (κ1) is 24.8. The summed E-state index contributed by atoms with van der Waals surface area (Å²) in [5.41, 5.74) is 1.17. The molecule has 3 atom stereocenters. The van der Waals surface area contributed by atoms with Crippen LogP contribution < -0.4 is 9.47 Å². The van der Waals surface area contributed by atoms with Crippen molar-refractivity contribution in [2.45, 2.75) is 44.0 Å². The molecular formula is C29H34ClNO3S. The molecule has 2 aromatic rings. The van der Waals surface area contributed by atoms with Crippen LogP contribution in [0.5, 0.6) is 11.5 Å². The van der Waals surface area contributed by atoms with Gasteiger partial charge in [0.2, 0.25) is 0 Å². The van der Waals surface area contributed by atoms with Crippen LogP contribution in [0.2, 0.25) is 0 Å². The third kappa shape index (κ3) is 5.91. The summed E-state index contributed by atoms with van der Waals surface area (Å²) in [6.45, 7) is 6.39. The quantitative estimate of drug-likeness (QED) is 0.367. The van der Waals surface area contributed by atoms with Gasteiger partial charge in [-0.3, -0.25) is 0 Å². The van der Waals surface area contributed by atoms with Crippen LogP contribution in [0.15, 0.2) is 64.8 Å². The lowest BCUT2D eigenvalue weighted by Gasteiger charge is -2.28. The number of nitrogens with zero attached hydrogens (tertiary/aromatic N) is 1. The summed E-state index contributed by atoms with van der Waals surface area (Å²) in [4.78, 5) is 2.52. The molecule has 0 amide bonds. The van der Waals surface area contributed by atoms with Crippen molar-refractivity contribution >= 4 is 34.1 Å². The second-order valence-electron chi connectivity index (χ2n) is 9.55. The van der Waals surface area contributed by atoms with E-state index in [4.69, 9.17) is 25.8 Å². The smallest absolute Gasteiger partial charge is 0.139 e. The lowest BCUT2D eigenvalue weighted by molar-refractivity contribution is 0.0407. The Morgan fingerprint density at radius 1 is 1.11 bits per heavy atom. The van der Waals surface area contributed by atoms with Gasteiger partial charge in [-0.1, -0.05) is 49.2 Å². The van der Waals surface area contributed by atoms with Crippen molar-refractivity contribution in [1.82, 2.24) is 4.90 Å². The summed E-state index contributed by atoms with van der Waals surface area (Å²) in [7, 11) is 1.69. The Labute approximate surface area is 217 Å². The number of benzene rings is 2. The number of ether oxygens (including phenoxy) is 3. The zero-order chi connectivity index (χ0) is 24.2. The van der Waals surface area contributed by atoms with Gasteiger partial charge in [0.05, 0.1) is 24.2 Å². The molecule has 186 valence electrons. The highest BCUT2D eigenvalue weighted by atomic mass is 35.5. The first-order valence-electron chi connectivity index (χ1n) is 12.7. The van der Waals surface area contributed by atoms with Gasteiger partial charge in [0.1, 0.15) is 17.3 Å². The molecule has 0 N–H and O–H groups in total. The Morgan fingerprint density at radius 2 is 1.97 bits per heavy atom. The molecule has 4 nitrogen and oxygen atoms in total. The average Bonchev–Trinajstić information content (AvgIpc) is 3.31. The summed E-state index contributed by atoms with van der Waals surface area (Å²) in [6.07, 6.45) is 13.5. The van der Waals surface area contributed by atoms with Gasteiger partial charge in [0.15, 0.2) is 0 Å². The standard InChI is InChI=1S/C29H34ClNO3S/c1-20-18-23(8-11-26(20)33-17-16-31-14-4-3-5-15-31)34-29-24-10-7-22(32-2)19-21(24)6-9-25(29)27-12-13-28(30)35-27/h6-11,13,18-20,26-27H,3-5,12,14-17H2,1-2H3. The Kier molecular flexibility index (Phi) is 8.08. The molecular weight excluding hydrogens is 478 g/mol. The number of hydrogen-bond acceptors (Lipinski definition) is 5. The first-order chi connectivity index (χ1) is 17.1. The zero-order valence-corrected chi connectivity index (χ0v) is 22.1. The van der Waals surface area contributed by atoms with E-state index in [-0.39, 0.29) is 17.3 Å². The first-order valence-corrected chi connectivity index (χ1v) is 13.9. The molecule has 35 heavy (non-hydrogen) atoms. The van der Waals surface area contributed by atoms with Gasteiger partial charge in [-0.25, -0.2) is 0 Å². The van der Waals surface area contributed by atoms with Crippen molar-refractivity contribution in [3.05, 3.63) is 70.3 Å². The van der Waals surface area contributed by atoms with E-state index in [0.717, 1.165) is 52.0 Å². The van der Waals surface area contributed by atoms with E-state index in [1.54, 1.807) is 18.9 Å². The fourth-order valence-corrected chi connectivity index (χ4v) is 6.46. The van der Waals surface area contributed by atoms with E-state index in [1.165, 1.54) is 37.9 Å². The zero-order valence-electron chi connectivity index (χ0n) is 20.5. The number of rotatable bonds is 8. The van der Waals surface area contributed by atoms with Crippen LogP contribution in [0, 0.1) is 5.92 Å². The number of hydrogen-bond donors (Lipinski definition) is 0. The van der Waals surface area contributed by atoms with Crippen molar-refractivity contribution in [2.75, 3.05) is 33.4 Å². The molecule has 3 aliphatic rings. The molecule has 3 unspecified atom stereocenters. The van der Waals surface area contributed by atoms with Crippen molar-refractivity contribution < 1.29 is 14.2 Å². The van der Waals surface area contributed by atoms with Gasteiger partial charge in [0.25, 0.3) is 0 Å². The minimum absolute atomic E-state index is 0.0804. The van der Waals surface area contributed by atoms with Gasteiger partial charge >= 0.3 is 0 Å². The highest BCUT2D eigenvalue weighted by Gasteiger charge is 2.25. The molecule has 0 radical (unpaired) electrons. The molecule has 6 heteroatoms. The van der Waals surface area contributed by atoms with Crippen molar-refractivity contribution in [3.8, 4) is 11.5 Å². The third-order valence-corrected chi connectivity index (χ3v) is 8.63. The topological polar surface area (TPSA) is 30.9 Å². The van der Waals surface area contributed by atoms with Crippen LogP contribution in [0.4, 0.5) is 0 Å². The van der Waals surface area contributed by atoms with Gasteiger partial charge in [-0.15, -0.1) is 11.8 Å². The van der Waals surface area contributed by atoms with Gasteiger partial charge in [0, 0.05) is 28.7 Å². The fourth-order valence-electron chi connectivity index (χ4n) is 5.08. The normalized spacial score (nSPS) is 24.9. The molecule has 2 aliphatic heterocycles. The number of piperidine rings is 1. The van der Waals surface area contributed by atoms with Crippen molar-refractivity contribution in [2.24, 2.45) is 5.92 Å². The average molecular weight is 512 g/mol. The van der Waals surface area contributed by atoms with Crippen LogP contribution in [-0.4, -0.2) is 44.4 Å². The molecule has 0 aromatic heterocycles.